The number of methoxy groups -OCH3 is 1. The van der Waals surface area contributed by atoms with Crippen molar-refractivity contribution in [3.63, 3.8) is 0 Å². The van der Waals surface area contributed by atoms with Crippen molar-refractivity contribution < 1.29 is 9.53 Å². The first kappa shape index (κ1) is 15.4. The van der Waals surface area contributed by atoms with Crippen molar-refractivity contribution in [1.29, 1.82) is 0 Å². The molecular weight excluding hydrogens is 228 g/mol. The summed E-state index contributed by atoms with van der Waals surface area (Å²) in [7, 11) is 1.46. The molecule has 0 aliphatic carbocycles. The molecule has 1 heterocycles. The van der Waals surface area contributed by atoms with E-state index < -0.39 is 5.54 Å². The highest BCUT2D eigenvalue weighted by Gasteiger charge is 2.33. The molecule has 0 radical (unpaired) electrons. The van der Waals surface area contributed by atoms with Gasteiger partial charge in [-0.1, -0.05) is 13.8 Å². The van der Waals surface area contributed by atoms with Crippen LogP contribution in [0.2, 0.25) is 0 Å². The van der Waals surface area contributed by atoms with Crippen molar-refractivity contribution in [3.8, 4) is 0 Å². The maximum Gasteiger partial charge on any atom is 0.325 e. The van der Waals surface area contributed by atoms with E-state index in [-0.39, 0.29) is 5.97 Å². The third-order valence-electron chi connectivity index (χ3n) is 3.86. The highest BCUT2D eigenvalue weighted by Crippen LogP contribution is 2.18. The predicted molar refractivity (Wildman–Crippen MR) is 73.6 cm³/mol. The predicted octanol–water partition coefficient (Wildman–Crippen LogP) is 1.65. The highest BCUT2D eigenvalue weighted by molar-refractivity contribution is 5.80. The van der Waals surface area contributed by atoms with Crippen molar-refractivity contribution >= 4 is 5.97 Å². The fourth-order valence-corrected chi connectivity index (χ4v) is 2.76. The third-order valence-corrected chi connectivity index (χ3v) is 3.86. The molecule has 4 heteroatoms. The Balaban J connectivity index is 2.35. The second-order valence-corrected chi connectivity index (χ2v) is 5.65. The van der Waals surface area contributed by atoms with Crippen LogP contribution in [0.15, 0.2) is 0 Å². The molecule has 1 rings (SSSR count). The van der Waals surface area contributed by atoms with E-state index in [1.54, 1.807) is 0 Å². The molecule has 18 heavy (non-hydrogen) atoms. The molecule has 1 fully saturated rings. The number of hydrogen-bond acceptors (Lipinski definition) is 4. The summed E-state index contributed by atoms with van der Waals surface area (Å²) in [5.74, 6) is 0.671. The Morgan fingerprint density at radius 2 is 2.28 bits per heavy atom. The van der Waals surface area contributed by atoms with E-state index in [1.807, 2.05) is 13.8 Å². The molecular formula is C14H28N2O2. The fourth-order valence-electron chi connectivity index (χ4n) is 2.76. The molecule has 1 aliphatic rings. The van der Waals surface area contributed by atoms with E-state index >= 15 is 0 Å². The van der Waals surface area contributed by atoms with E-state index in [9.17, 15) is 4.79 Å². The van der Waals surface area contributed by atoms with Gasteiger partial charge in [-0.25, -0.2) is 0 Å². The SMILES string of the molecule is CCNC(C)(CCCN1CCC(C)C1)C(=O)OC. The molecule has 0 aromatic carbocycles. The number of ether oxygens (including phenoxy) is 1. The molecule has 1 N–H and O–H groups in total. The number of likely N-dealkylation sites (tertiary alicyclic amines) is 1. The van der Waals surface area contributed by atoms with Gasteiger partial charge in [0.15, 0.2) is 0 Å². The lowest BCUT2D eigenvalue weighted by Gasteiger charge is -2.28. The van der Waals surface area contributed by atoms with Crippen LogP contribution in [-0.2, 0) is 9.53 Å². The van der Waals surface area contributed by atoms with Gasteiger partial charge in [0.25, 0.3) is 0 Å². The zero-order chi connectivity index (χ0) is 13.6. The Kier molecular flexibility index (Phi) is 6.09. The quantitative estimate of drug-likeness (QED) is 0.703. The van der Waals surface area contributed by atoms with Crippen LogP contribution in [0.5, 0.6) is 0 Å². The van der Waals surface area contributed by atoms with Gasteiger partial charge in [-0.15, -0.1) is 0 Å². The van der Waals surface area contributed by atoms with E-state index in [2.05, 4.69) is 17.1 Å². The fraction of sp³-hybridized carbons (Fsp3) is 0.929. The highest BCUT2D eigenvalue weighted by atomic mass is 16.5. The van der Waals surface area contributed by atoms with E-state index in [0.29, 0.717) is 0 Å². The molecule has 2 atom stereocenters. The standard InChI is InChI=1S/C14H28N2O2/c1-5-15-14(3,13(17)18-4)8-6-9-16-10-7-12(2)11-16/h12,15H,5-11H2,1-4H3. The van der Waals surface area contributed by atoms with Crippen LogP contribution in [-0.4, -0.2) is 49.7 Å². The number of nitrogens with one attached hydrogen (secondary N) is 1. The summed E-state index contributed by atoms with van der Waals surface area (Å²) in [5, 5.41) is 3.25. The monoisotopic (exact) mass is 256 g/mol. The van der Waals surface area contributed by atoms with Gasteiger partial charge < -0.3 is 15.0 Å². The topological polar surface area (TPSA) is 41.6 Å². The minimum absolute atomic E-state index is 0.154. The number of esters is 1. The number of carbonyl (C=O) groups excluding carboxylic acids is 1. The lowest BCUT2D eigenvalue weighted by atomic mass is 9.95. The molecule has 1 aliphatic heterocycles. The first-order valence-corrected chi connectivity index (χ1v) is 7.07. The normalized spacial score (nSPS) is 23.9. The Bertz CT molecular complexity index is 271. The van der Waals surface area contributed by atoms with Crippen molar-refractivity contribution in [2.45, 2.75) is 45.6 Å². The van der Waals surface area contributed by atoms with Crippen molar-refractivity contribution in [2.75, 3.05) is 33.3 Å². The van der Waals surface area contributed by atoms with Crippen LogP contribution in [0.3, 0.4) is 0 Å². The maximum absolute atomic E-state index is 11.8. The molecule has 0 aromatic heterocycles. The van der Waals surface area contributed by atoms with Crippen molar-refractivity contribution in [1.82, 2.24) is 10.2 Å². The Morgan fingerprint density at radius 1 is 1.56 bits per heavy atom. The molecule has 106 valence electrons. The summed E-state index contributed by atoms with van der Waals surface area (Å²) in [6.45, 7) is 10.5. The first-order chi connectivity index (χ1) is 8.51. The number of carbonyl (C=O) groups is 1. The third kappa shape index (κ3) is 4.25. The molecule has 0 aromatic rings. The minimum atomic E-state index is -0.533. The maximum atomic E-state index is 11.8. The summed E-state index contributed by atoms with van der Waals surface area (Å²) >= 11 is 0. The van der Waals surface area contributed by atoms with Gasteiger partial charge in [0.2, 0.25) is 0 Å². The smallest absolute Gasteiger partial charge is 0.325 e. The van der Waals surface area contributed by atoms with E-state index in [0.717, 1.165) is 31.8 Å². The Morgan fingerprint density at radius 3 is 2.78 bits per heavy atom. The van der Waals surface area contributed by atoms with Gasteiger partial charge in [0.1, 0.15) is 5.54 Å². The summed E-state index contributed by atoms with van der Waals surface area (Å²) < 4.78 is 4.89. The average molecular weight is 256 g/mol. The lowest BCUT2D eigenvalue weighted by molar-refractivity contribution is -0.148. The van der Waals surface area contributed by atoms with Gasteiger partial charge in [0.05, 0.1) is 7.11 Å². The molecule has 4 nitrogen and oxygen atoms in total. The van der Waals surface area contributed by atoms with E-state index in [1.165, 1.54) is 26.6 Å². The van der Waals surface area contributed by atoms with Crippen molar-refractivity contribution in [3.05, 3.63) is 0 Å². The summed E-state index contributed by atoms with van der Waals surface area (Å²) in [6, 6.07) is 0. The Labute approximate surface area is 111 Å². The largest absolute Gasteiger partial charge is 0.468 e. The number of nitrogens with zero attached hydrogens (tertiary/aromatic N) is 1. The zero-order valence-electron chi connectivity index (χ0n) is 12.3. The average Bonchev–Trinajstić information content (AvgIpc) is 2.74. The summed E-state index contributed by atoms with van der Waals surface area (Å²) in [5.41, 5.74) is -0.533. The lowest BCUT2D eigenvalue weighted by Crippen LogP contribution is -2.50. The minimum Gasteiger partial charge on any atom is -0.468 e. The second-order valence-electron chi connectivity index (χ2n) is 5.65. The van der Waals surface area contributed by atoms with Gasteiger partial charge in [0, 0.05) is 6.54 Å². The Hall–Kier alpha value is -0.610. The van der Waals surface area contributed by atoms with Crippen LogP contribution in [0.1, 0.15) is 40.0 Å². The van der Waals surface area contributed by atoms with Crippen LogP contribution >= 0.6 is 0 Å². The number of hydrogen-bond donors (Lipinski definition) is 1. The summed E-state index contributed by atoms with van der Waals surface area (Å²) in [4.78, 5) is 14.3. The van der Waals surface area contributed by atoms with Crippen LogP contribution in [0.25, 0.3) is 0 Å². The molecule has 1 saturated heterocycles. The molecule has 0 amide bonds. The van der Waals surface area contributed by atoms with Gasteiger partial charge in [-0.05, 0) is 51.7 Å². The second kappa shape index (κ2) is 7.10. The van der Waals surface area contributed by atoms with Crippen LogP contribution in [0.4, 0.5) is 0 Å². The first-order valence-electron chi connectivity index (χ1n) is 7.07. The van der Waals surface area contributed by atoms with Gasteiger partial charge in [-0.2, -0.15) is 0 Å². The molecule has 2 unspecified atom stereocenters. The van der Waals surface area contributed by atoms with Crippen molar-refractivity contribution in [2.24, 2.45) is 5.92 Å². The van der Waals surface area contributed by atoms with Crippen LogP contribution in [0, 0.1) is 5.92 Å². The van der Waals surface area contributed by atoms with E-state index in [4.69, 9.17) is 4.74 Å². The zero-order valence-corrected chi connectivity index (χ0v) is 12.3. The molecule has 0 bridgehead atoms. The number of rotatable bonds is 7. The molecule has 0 spiro atoms. The van der Waals surface area contributed by atoms with Gasteiger partial charge >= 0.3 is 5.97 Å². The molecule has 0 saturated carbocycles. The van der Waals surface area contributed by atoms with Gasteiger partial charge in [-0.3, -0.25) is 4.79 Å². The number of likely N-dealkylation sites (N-methyl/N-ethyl adjacent to an activating group) is 1. The summed E-state index contributed by atoms with van der Waals surface area (Å²) in [6.07, 6.45) is 3.17. The van der Waals surface area contributed by atoms with Crippen LogP contribution < -0.4 is 5.32 Å².